The predicted octanol–water partition coefficient (Wildman–Crippen LogP) is 0.798. The van der Waals surface area contributed by atoms with Crippen LogP contribution in [0.15, 0.2) is 18.2 Å². The van der Waals surface area contributed by atoms with Gasteiger partial charge in [0.25, 0.3) is 0 Å². The molecule has 15 heavy (non-hydrogen) atoms. The van der Waals surface area contributed by atoms with E-state index in [1.165, 1.54) is 12.1 Å². The number of halogens is 1. The minimum atomic E-state index is -0.774. The number of phenolic OH excluding ortho intramolecular Hbond substituents is 1. The lowest BCUT2D eigenvalue weighted by atomic mass is 9.94. The molecule has 0 bridgehead atoms. The number of hydrogen-bond acceptors (Lipinski definition) is 3. The number of aromatic hydroxyl groups is 1. The Hall–Kier alpha value is -1.13. The average molecular weight is 211 g/mol. The van der Waals surface area contributed by atoms with Crippen LogP contribution in [0.5, 0.6) is 5.75 Å². The highest BCUT2D eigenvalue weighted by Gasteiger charge is 2.31. The SMILES string of the molecule is Oc1ccc(CC2(O)CCNC2)cc1F. The van der Waals surface area contributed by atoms with Crippen LogP contribution < -0.4 is 5.32 Å². The van der Waals surface area contributed by atoms with Gasteiger partial charge in [0.2, 0.25) is 0 Å². The van der Waals surface area contributed by atoms with Gasteiger partial charge in [-0.05, 0) is 30.7 Å². The van der Waals surface area contributed by atoms with Gasteiger partial charge in [-0.2, -0.15) is 0 Å². The van der Waals surface area contributed by atoms with Crippen LogP contribution >= 0.6 is 0 Å². The molecule has 1 atom stereocenters. The summed E-state index contributed by atoms with van der Waals surface area (Å²) in [6.07, 6.45) is 1.09. The molecule has 1 aliphatic rings. The van der Waals surface area contributed by atoms with Gasteiger partial charge in [0, 0.05) is 13.0 Å². The van der Waals surface area contributed by atoms with E-state index in [2.05, 4.69) is 5.32 Å². The summed E-state index contributed by atoms with van der Waals surface area (Å²) >= 11 is 0. The first kappa shape index (κ1) is 10.4. The lowest BCUT2D eigenvalue weighted by molar-refractivity contribution is 0.0618. The molecule has 1 aliphatic heterocycles. The first-order chi connectivity index (χ1) is 7.09. The van der Waals surface area contributed by atoms with Crippen LogP contribution in [0.25, 0.3) is 0 Å². The molecule has 0 amide bonds. The fraction of sp³-hybridized carbons (Fsp3) is 0.455. The van der Waals surface area contributed by atoms with E-state index in [1.54, 1.807) is 6.07 Å². The lowest BCUT2D eigenvalue weighted by Gasteiger charge is -2.21. The number of hydrogen-bond donors (Lipinski definition) is 3. The van der Waals surface area contributed by atoms with E-state index in [-0.39, 0.29) is 5.75 Å². The predicted molar refractivity (Wildman–Crippen MR) is 54.2 cm³/mol. The number of rotatable bonds is 2. The topological polar surface area (TPSA) is 52.5 Å². The van der Waals surface area contributed by atoms with E-state index >= 15 is 0 Å². The van der Waals surface area contributed by atoms with Gasteiger partial charge >= 0.3 is 0 Å². The summed E-state index contributed by atoms with van der Waals surface area (Å²) in [6, 6.07) is 4.22. The first-order valence-electron chi connectivity index (χ1n) is 5.00. The minimum Gasteiger partial charge on any atom is -0.505 e. The van der Waals surface area contributed by atoms with E-state index in [1.807, 2.05) is 0 Å². The van der Waals surface area contributed by atoms with Crippen molar-refractivity contribution in [3.05, 3.63) is 29.6 Å². The maximum Gasteiger partial charge on any atom is 0.165 e. The number of benzene rings is 1. The molecular weight excluding hydrogens is 197 g/mol. The Bertz CT molecular complexity index is 362. The minimum absolute atomic E-state index is 0.352. The van der Waals surface area contributed by atoms with Crippen LogP contribution in [0.4, 0.5) is 4.39 Å². The number of aliphatic hydroxyl groups is 1. The summed E-state index contributed by atoms with van der Waals surface area (Å²) in [6.45, 7) is 1.33. The van der Waals surface area contributed by atoms with Crippen LogP contribution in [0.2, 0.25) is 0 Å². The summed E-state index contributed by atoms with van der Waals surface area (Å²) in [5.41, 5.74) is -0.0693. The molecule has 1 fully saturated rings. The van der Waals surface area contributed by atoms with Gasteiger partial charge in [-0.25, -0.2) is 4.39 Å². The van der Waals surface area contributed by atoms with Gasteiger partial charge in [0.05, 0.1) is 5.60 Å². The quantitative estimate of drug-likeness (QED) is 0.678. The molecule has 0 saturated carbocycles. The van der Waals surface area contributed by atoms with E-state index in [4.69, 9.17) is 5.11 Å². The fourth-order valence-electron chi connectivity index (χ4n) is 1.92. The van der Waals surface area contributed by atoms with Gasteiger partial charge < -0.3 is 15.5 Å². The monoisotopic (exact) mass is 211 g/mol. The van der Waals surface area contributed by atoms with Crippen LogP contribution in [0, 0.1) is 5.82 Å². The zero-order chi connectivity index (χ0) is 10.9. The van der Waals surface area contributed by atoms with E-state index in [0.717, 1.165) is 6.54 Å². The molecule has 3 nitrogen and oxygen atoms in total. The molecule has 1 aromatic carbocycles. The molecule has 0 spiro atoms. The second-order valence-electron chi connectivity index (χ2n) is 4.11. The zero-order valence-corrected chi connectivity index (χ0v) is 8.33. The Balaban J connectivity index is 2.13. The van der Waals surface area contributed by atoms with Crippen molar-refractivity contribution in [2.24, 2.45) is 0 Å². The largest absolute Gasteiger partial charge is 0.505 e. The first-order valence-corrected chi connectivity index (χ1v) is 5.00. The second kappa shape index (κ2) is 3.79. The van der Waals surface area contributed by atoms with Crippen LogP contribution in [-0.4, -0.2) is 28.9 Å². The molecule has 4 heteroatoms. The summed E-state index contributed by atoms with van der Waals surface area (Å²) in [4.78, 5) is 0. The van der Waals surface area contributed by atoms with E-state index < -0.39 is 11.4 Å². The van der Waals surface area contributed by atoms with Crippen molar-refractivity contribution < 1.29 is 14.6 Å². The lowest BCUT2D eigenvalue weighted by Crippen LogP contribution is -2.33. The summed E-state index contributed by atoms with van der Waals surface area (Å²) in [5.74, 6) is -0.989. The smallest absolute Gasteiger partial charge is 0.165 e. The highest BCUT2D eigenvalue weighted by Crippen LogP contribution is 2.23. The molecular formula is C11H14FNO2. The molecule has 82 valence electrons. The van der Waals surface area contributed by atoms with Crippen molar-refractivity contribution in [3.63, 3.8) is 0 Å². The molecule has 1 unspecified atom stereocenters. The van der Waals surface area contributed by atoms with Crippen LogP contribution in [0.3, 0.4) is 0 Å². The van der Waals surface area contributed by atoms with Gasteiger partial charge in [-0.1, -0.05) is 6.07 Å². The number of phenols is 1. The fourth-order valence-corrected chi connectivity index (χ4v) is 1.92. The Kier molecular flexibility index (Phi) is 2.63. The number of β-amino-alcohol motifs (C(OH)–C–C–N with tert-alkyl or cyclic N) is 1. The van der Waals surface area contributed by atoms with Crippen molar-refractivity contribution in [3.8, 4) is 5.75 Å². The Morgan fingerprint density at radius 2 is 2.27 bits per heavy atom. The highest BCUT2D eigenvalue weighted by molar-refractivity contribution is 5.29. The molecule has 1 heterocycles. The normalized spacial score (nSPS) is 25.7. The van der Waals surface area contributed by atoms with Gasteiger partial charge in [-0.3, -0.25) is 0 Å². The summed E-state index contributed by atoms with van der Waals surface area (Å²) in [7, 11) is 0. The summed E-state index contributed by atoms with van der Waals surface area (Å²) in [5, 5.41) is 22.1. The molecule has 0 radical (unpaired) electrons. The van der Waals surface area contributed by atoms with E-state index in [0.29, 0.717) is 24.9 Å². The third kappa shape index (κ3) is 2.27. The third-order valence-electron chi connectivity index (χ3n) is 2.77. The zero-order valence-electron chi connectivity index (χ0n) is 8.33. The highest BCUT2D eigenvalue weighted by atomic mass is 19.1. The van der Waals surface area contributed by atoms with Gasteiger partial charge in [0.1, 0.15) is 0 Å². The van der Waals surface area contributed by atoms with Crippen molar-refractivity contribution >= 4 is 0 Å². The molecule has 1 saturated heterocycles. The second-order valence-corrected chi connectivity index (χ2v) is 4.11. The maximum absolute atomic E-state index is 13.0. The van der Waals surface area contributed by atoms with Gasteiger partial charge in [0.15, 0.2) is 11.6 Å². The molecule has 0 aliphatic carbocycles. The van der Waals surface area contributed by atoms with Crippen LogP contribution in [-0.2, 0) is 6.42 Å². The Morgan fingerprint density at radius 3 is 2.87 bits per heavy atom. The summed E-state index contributed by atoms with van der Waals surface area (Å²) < 4.78 is 13.0. The molecule has 0 aromatic heterocycles. The van der Waals surface area contributed by atoms with Crippen molar-refractivity contribution in [2.45, 2.75) is 18.4 Å². The molecule has 2 rings (SSSR count). The van der Waals surface area contributed by atoms with Crippen molar-refractivity contribution in [1.82, 2.24) is 5.32 Å². The van der Waals surface area contributed by atoms with Crippen LogP contribution in [0.1, 0.15) is 12.0 Å². The average Bonchev–Trinajstić information content (AvgIpc) is 2.59. The third-order valence-corrected chi connectivity index (χ3v) is 2.77. The van der Waals surface area contributed by atoms with Gasteiger partial charge in [-0.15, -0.1) is 0 Å². The number of nitrogens with one attached hydrogen (secondary N) is 1. The van der Waals surface area contributed by atoms with Crippen molar-refractivity contribution in [2.75, 3.05) is 13.1 Å². The Labute approximate surface area is 87.6 Å². The molecule has 1 aromatic rings. The maximum atomic E-state index is 13.0. The molecule has 3 N–H and O–H groups in total. The van der Waals surface area contributed by atoms with E-state index in [9.17, 15) is 9.50 Å². The Morgan fingerprint density at radius 1 is 1.47 bits per heavy atom. The standard InChI is InChI=1S/C11H14FNO2/c12-9-5-8(1-2-10(9)14)6-11(15)3-4-13-7-11/h1-2,5,13-15H,3-4,6-7H2. The van der Waals surface area contributed by atoms with Crippen molar-refractivity contribution in [1.29, 1.82) is 0 Å².